The number of nitrogens with zero attached hydrogens (tertiary/aromatic N) is 3. The number of alkyl halides is 3. The summed E-state index contributed by atoms with van der Waals surface area (Å²) in [5.74, 6) is -0.197. The Morgan fingerprint density at radius 1 is 1.17 bits per heavy atom. The predicted octanol–water partition coefficient (Wildman–Crippen LogP) is 4.28. The second-order valence-electron chi connectivity index (χ2n) is 7.66. The second-order valence-corrected chi connectivity index (χ2v) is 7.66. The molecule has 0 bridgehead atoms. The van der Waals surface area contributed by atoms with Gasteiger partial charge in [0.25, 0.3) is 5.91 Å². The zero-order valence-corrected chi connectivity index (χ0v) is 16.3. The van der Waals surface area contributed by atoms with E-state index in [2.05, 4.69) is 15.4 Å². The molecule has 2 heterocycles. The summed E-state index contributed by atoms with van der Waals surface area (Å²) in [6.07, 6.45) is -3.11. The number of aryl methyl sites for hydroxylation is 3. The van der Waals surface area contributed by atoms with Crippen molar-refractivity contribution in [2.24, 2.45) is 7.05 Å². The van der Waals surface area contributed by atoms with E-state index in [0.717, 1.165) is 22.8 Å². The van der Waals surface area contributed by atoms with Crippen LogP contribution in [0.15, 0.2) is 30.3 Å². The van der Waals surface area contributed by atoms with Gasteiger partial charge in [0.15, 0.2) is 5.65 Å². The van der Waals surface area contributed by atoms with Crippen molar-refractivity contribution in [1.29, 1.82) is 0 Å². The second kappa shape index (κ2) is 6.86. The number of aromatic nitrogens is 3. The molecule has 1 aliphatic rings. The summed E-state index contributed by atoms with van der Waals surface area (Å²) in [7, 11) is 1.81. The van der Waals surface area contributed by atoms with Crippen molar-refractivity contribution in [2.45, 2.75) is 44.8 Å². The normalized spacial score (nSPS) is 19.2. The van der Waals surface area contributed by atoms with E-state index in [0.29, 0.717) is 29.7 Å². The van der Waals surface area contributed by atoms with Crippen molar-refractivity contribution in [2.75, 3.05) is 0 Å². The Labute approximate surface area is 165 Å². The molecule has 5 nitrogen and oxygen atoms in total. The number of carbonyl (C=O) groups excluding carboxylic acids is 1. The number of rotatable bonds is 3. The summed E-state index contributed by atoms with van der Waals surface area (Å²) < 4.78 is 40.4. The molecule has 1 fully saturated rings. The topological polar surface area (TPSA) is 59.8 Å². The zero-order chi connectivity index (χ0) is 20.9. The molecule has 0 aliphatic heterocycles. The average Bonchev–Trinajstić information content (AvgIpc) is 2.89. The van der Waals surface area contributed by atoms with Crippen LogP contribution in [0, 0.1) is 13.8 Å². The summed E-state index contributed by atoms with van der Waals surface area (Å²) in [5.41, 5.74) is 2.67. The molecular formula is C21H21F3N4O. The van der Waals surface area contributed by atoms with Gasteiger partial charge in [-0.2, -0.15) is 18.3 Å². The molecule has 152 valence electrons. The fraction of sp³-hybridized carbons (Fsp3) is 0.381. The largest absolute Gasteiger partial charge is 0.416 e. The molecule has 1 saturated carbocycles. The Morgan fingerprint density at radius 2 is 1.90 bits per heavy atom. The van der Waals surface area contributed by atoms with Gasteiger partial charge >= 0.3 is 6.18 Å². The maximum Gasteiger partial charge on any atom is 0.416 e. The van der Waals surface area contributed by atoms with Crippen LogP contribution in [0.3, 0.4) is 0 Å². The number of pyridine rings is 1. The molecule has 0 radical (unpaired) electrons. The Bertz CT molecular complexity index is 1100. The van der Waals surface area contributed by atoms with Crippen LogP contribution in [0.2, 0.25) is 0 Å². The number of benzene rings is 1. The van der Waals surface area contributed by atoms with E-state index < -0.39 is 11.7 Å². The van der Waals surface area contributed by atoms with Crippen LogP contribution in [-0.2, 0) is 13.2 Å². The van der Waals surface area contributed by atoms with Crippen LogP contribution in [0.1, 0.15) is 51.6 Å². The van der Waals surface area contributed by atoms with Gasteiger partial charge in [-0.1, -0.05) is 18.2 Å². The fourth-order valence-electron chi connectivity index (χ4n) is 3.90. The molecule has 8 heteroatoms. The van der Waals surface area contributed by atoms with Crippen molar-refractivity contribution in [3.05, 3.63) is 58.4 Å². The standard InChI is InChI=1S/C21H21F3N4O/c1-11-18(10-17-12(2)27-28(3)19(17)25-11)20(29)26-16-8-14(9-16)13-5-4-6-15(7-13)21(22,23)24/h4-7,10,14,16H,8-9H2,1-3H3,(H,26,29). The number of hydrogen-bond acceptors (Lipinski definition) is 3. The van der Waals surface area contributed by atoms with Gasteiger partial charge < -0.3 is 5.32 Å². The van der Waals surface area contributed by atoms with Gasteiger partial charge in [-0.15, -0.1) is 0 Å². The van der Waals surface area contributed by atoms with Crippen molar-refractivity contribution < 1.29 is 18.0 Å². The van der Waals surface area contributed by atoms with Crippen LogP contribution in [-0.4, -0.2) is 26.7 Å². The van der Waals surface area contributed by atoms with Gasteiger partial charge in [-0.3, -0.25) is 9.48 Å². The van der Waals surface area contributed by atoms with E-state index in [-0.39, 0.29) is 17.9 Å². The maximum atomic E-state index is 12.9. The van der Waals surface area contributed by atoms with Gasteiger partial charge in [-0.25, -0.2) is 4.98 Å². The summed E-state index contributed by atoms with van der Waals surface area (Å²) in [4.78, 5) is 17.2. The fourth-order valence-corrected chi connectivity index (χ4v) is 3.90. The SMILES string of the molecule is Cc1nc2c(cc1C(=O)NC1CC(c3cccc(C(F)(F)F)c3)C1)c(C)nn2C. The minimum absolute atomic E-state index is 0.0184. The highest BCUT2D eigenvalue weighted by Crippen LogP contribution is 2.39. The molecule has 1 amide bonds. The molecule has 0 unspecified atom stereocenters. The van der Waals surface area contributed by atoms with E-state index >= 15 is 0 Å². The first-order valence-corrected chi connectivity index (χ1v) is 9.42. The lowest BCUT2D eigenvalue weighted by molar-refractivity contribution is -0.137. The predicted molar refractivity (Wildman–Crippen MR) is 103 cm³/mol. The third kappa shape index (κ3) is 3.59. The van der Waals surface area contributed by atoms with Gasteiger partial charge in [0.2, 0.25) is 0 Å². The van der Waals surface area contributed by atoms with E-state index in [9.17, 15) is 18.0 Å². The number of carbonyl (C=O) groups is 1. The number of amides is 1. The van der Waals surface area contributed by atoms with E-state index in [4.69, 9.17) is 0 Å². The molecule has 4 rings (SSSR count). The molecule has 1 N–H and O–H groups in total. The highest BCUT2D eigenvalue weighted by molar-refractivity contribution is 5.98. The van der Waals surface area contributed by atoms with Crippen molar-refractivity contribution in [3.63, 3.8) is 0 Å². The molecule has 2 aromatic heterocycles. The summed E-state index contributed by atoms with van der Waals surface area (Å²) in [6.45, 7) is 3.65. The Balaban J connectivity index is 1.45. The quantitative estimate of drug-likeness (QED) is 0.711. The van der Waals surface area contributed by atoms with E-state index in [1.165, 1.54) is 12.1 Å². The summed E-state index contributed by atoms with van der Waals surface area (Å²) in [5, 5.41) is 8.14. The number of nitrogens with one attached hydrogen (secondary N) is 1. The van der Waals surface area contributed by atoms with Crippen molar-refractivity contribution in [3.8, 4) is 0 Å². The van der Waals surface area contributed by atoms with Crippen LogP contribution in [0.5, 0.6) is 0 Å². The molecular weight excluding hydrogens is 381 g/mol. The van der Waals surface area contributed by atoms with Gasteiger partial charge in [0, 0.05) is 18.5 Å². The first kappa shape index (κ1) is 19.4. The van der Waals surface area contributed by atoms with Crippen LogP contribution < -0.4 is 5.32 Å². The Kier molecular flexibility index (Phi) is 4.59. The minimum Gasteiger partial charge on any atom is -0.349 e. The summed E-state index contributed by atoms with van der Waals surface area (Å²) in [6, 6.07) is 7.17. The lowest BCUT2D eigenvalue weighted by atomic mass is 9.75. The molecule has 3 aromatic rings. The lowest BCUT2D eigenvalue weighted by Gasteiger charge is -2.36. The molecule has 1 aromatic carbocycles. The first-order valence-electron chi connectivity index (χ1n) is 9.42. The Morgan fingerprint density at radius 3 is 2.59 bits per heavy atom. The van der Waals surface area contributed by atoms with Gasteiger partial charge in [-0.05, 0) is 50.3 Å². The molecule has 0 saturated heterocycles. The third-order valence-corrected chi connectivity index (χ3v) is 5.59. The highest BCUT2D eigenvalue weighted by atomic mass is 19.4. The van der Waals surface area contributed by atoms with Crippen LogP contribution >= 0.6 is 0 Å². The monoisotopic (exact) mass is 402 g/mol. The summed E-state index contributed by atoms with van der Waals surface area (Å²) >= 11 is 0. The minimum atomic E-state index is -4.35. The Hall–Kier alpha value is -2.90. The molecule has 0 spiro atoms. The number of hydrogen-bond donors (Lipinski definition) is 1. The molecule has 29 heavy (non-hydrogen) atoms. The average molecular weight is 402 g/mol. The number of halogens is 3. The molecule has 0 atom stereocenters. The van der Waals surface area contributed by atoms with Crippen LogP contribution in [0.4, 0.5) is 13.2 Å². The van der Waals surface area contributed by atoms with Crippen molar-refractivity contribution >= 4 is 16.9 Å². The maximum absolute atomic E-state index is 12.9. The first-order chi connectivity index (χ1) is 13.6. The van der Waals surface area contributed by atoms with Crippen LogP contribution in [0.25, 0.3) is 11.0 Å². The smallest absolute Gasteiger partial charge is 0.349 e. The van der Waals surface area contributed by atoms with Crippen molar-refractivity contribution in [1.82, 2.24) is 20.1 Å². The number of fused-ring (bicyclic) bond motifs is 1. The molecule has 1 aliphatic carbocycles. The lowest BCUT2D eigenvalue weighted by Crippen LogP contribution is -2.43. The zero-order valence-electron chi connectivity index (χ0n) is 16.3. The van der Waals surface area contributed by atoms with E-state index in [1.54, 1.807) is 23.7 Å². The van der Waals surface area contributed by atoms with Gasteiger partial charge in [0.05, 0.1) is 22.5 Å². The highest BCUT2D eigenvalue weighted by Gasteiger charge is 2.35. The third-order valence-electron chi connectivity index (χ3n) is 5.59. The van der Waals surface area contributed by atoms with E-state index in [1.807, 2.05) is 14.0 Å². The van der Waals surface area contributed by atoms with Gasteiger partial charge in [0.1, 0.15) is 0 Å².